The minimum Gasteiger partial charge on any atom is -0.508 e. The van der Waals surface area contributed by atoms with Gasteiger partial charge in [-0.05, 0) is 48.9 Å². The van der Waals surface area contributed by atoms with E-state index in [1.54, 1.807) is 24.3 Å². The van der Waals surface area contributed by atoms with Crippen molar-refractivity contribution in [3.8, 4) is 5.75 Å². The van der Waals surface area contributed by atoms with Crippen molar-refractivity contribution in [1.29, 1.82) is 0 Å². The van der Waals surface area contributed by atoms with Crippen LogP contribution in [0.2, 0.25) is 0 Å². The molecule has 0 bridgehead atoms. The highest BCUT2D eigenvalue weighted by Crippen LogP contribution is 2.55. The van der Waals surface area contributed by atoms with Gasteiger partial charge < -0.3 is 10.4 Å². The van der Waals surface area contributed by atoms with Gasteiger partial charge >= 0.3 is 0 Å². The van der Waals surface area contributed by atoms with Gasteiger partial charge in [0.1, 0.15) is 5.75 Å². The van der Waals surface area contributed by atoms with Crippen molar-refractivity contribution in [2.24, 2.45) is 17.8 Å². The molecule has 17 heavy (non-hydrogen) atoms. The van der Waals surface area contributed by atoms with Gasteiger partial charge in [-0.1, -0.05) is 12.8 Å². The highest BCUT2D eigenvalue weighted by Gasteiger charge is 2.54. The largest absolute Gasteiger partial charge is 0.508 e. The number of fused-ring (bicyclic) bond motifs is 1. The number of phenolic OH excluding ortho intramolecular Hbond substituents is 1. The van der Waals surface area contributed by atoms with Crippen LogP contribution >= 0.6 is 0 Å². The molecule has 3 rings (SSSR count). The zero-order chi connectivity index (χ0) is 11.8. The number of rotatable bonds is 2. The molecule has 3 nitrogen and oxygen atoms in total. The Kier molecular flexibility index (Phi) is 2.54. The Hall–Kier alpha value is -1.51. The first kappa shape index (κ1) is 10.6. The summed E-state index contributed by atoms with van der Waals surface area (Å²) in [5.41, 5.74) is 0.774. The summed E-state index contributed by atoms with van der Waals surface area (Å²) in [6.07, 6.45) is 5.00. The third-order valence-electron chi connectivity index (χ3n) is 4.09. The maximum absolute atomic E-state index is 12.1. The number of nitrogens with one attached hydrogen (secondary N) is 1. The Morgan fingerprint density at radius 3 is 2.29 bits per heavy atom. The maximum Gasteiger partial charge on any atom is 0.228 e. The van der Waals surface area contributed by atoms with Crippen LogP contribution in [-0.2, 0) is 4.79 Å². The molecular weight excluding hydrogens is 214 g/mol. The predicted molar refractivity (Wildman–Crippen MR) is 65.7 cm³/mol. The molecule has 1 aromatic carbocycles. The van der Waals surface area contributed by atoms with Gasteiger partial charge in [-0.3, -0.25) is 4.79 Å². The van der Waals surface area contributed by atoms with Gasteiger partial charge in [0.25, 0.3) is 0 Å². The molecule has 2 fully saturated rings. The van der Waals surface area contributed by atoms with Crippen LogP contribution in [0, 0.1) is 17.8 Å². The molecule has 2 aliphatic rings. The fourth-order valence-electron chi connectivity index (χ4n) is 3.15. The van der Waals surface area contributed by atoms with Crippen molar-refractivity contribution < 1.29 is 9.90 Å². The van der Waals surface area contributed by atoms with Crippen LogP contribution in [0.25, 0.3) is 0 Å². The van der Waals surface area contributed by atoms with E-state index in [2.05, 4.69) is 5.32 Å². The van der Waals surface area contributed by atoms with Crippen molar-refractivity contribution in [2.45, 2.75) is 25.7 Å². The molecule has 90 valence electrons. The number of amides is 1. The zero-order valence-electron chi connectivity index (χ0n) is 9.73. The lowest BCUT2D eigenvalue weighted by molar-refractivity contribution is -0.117. The molecular formula is C14H17NO2. The highest BCUT2D eigenvalue weighted by molar-refractivity contribution is 5.94. The molecule has 3 heteroatoms. The van der Waals surface area contributed by atoms with Crippen LogP contribution in [0.3, 0.4) is 0 Å². The van der Waals surface area contributed by atoms with Gasteiger partial charge in [-0.2, -0.15) is 0 Å². The number of phenols is 1. The van der Waals surface area contributed by atoms with Gasteiger partial charge in [-0.25, -0.2) is 0 Å². The van der Waals surface area contributed by atoms with E-state index >= 15 is 0 Å². The molecule has 2 unspecified atom stereocenters. The van der Waals surface area contributed by atoms with Crippen molar-refractivity contribution >= 4 is 11.6 Å². The Labute approximate surface area is 101 Å². The van der Waals surface area contributed by atoms with Crippen molar-refractivity contribution in [1.82, 2.24) is 0 Å². The van der Waals surface area contributed by atoms with Crippen LogP contribution in [-0.4, -0.2) is 11.0 Å². The molecule has 2 aliphatic carbocycles. The predicted octanol–water partition coefficient (Wildman–Crippen LogP) is 2.77. The van der Waals surface area contributed by atoms with Gasteiger partial charge in [0.05, 0.1) is 0 Å². The fraction of sp³-hybridized carbons (Fsp3) is 0.500. The Bertz CT molecular complexity index is 414. The van der Waals surface area contributed by atoms with E-state index in [9.17, 15) is 4.79 Å². The minimum absolute atomic E-state index is 0.160. The molecule has 2 atom stereocenters. The first-order chi connectivity index (χ1) is 8.25. The van der Waals surface area contributed by atoms with E-state index < -0.39 is 0 Å². The smallest absolute Gasteiger partial charge is 0.228 e. The van der Waals surface area contributed by atoms with Crippen molar-refractivity contribution in [3.63, 3.8) is 0 Å². The third-order valence-corrected chi connectivity index (χ3v) is 4.09. The standard InChI is InChI=1S/C14H17NO2/c16-10-7-5-9(6-8-10)15-14(17)13-11-3-1-2-4-12(11)13/h5-8,11-13,16H,1-4H2,(H,15,17). The van der Waals surface area contributed by atoms with E-state index in [-0.39, 0.29) is 17.6 Å². The Morgan fingerprint density at radius 1 is 1.12 bits per heavy atom. The number of hydrogen-bond donors (Lipinski definition) is 2. The van der Waals surface area contributed by atoms with Crippen LogP contribution in [0.5, 0.6) is 5.75 Å². The monoisotopic (exact) mass is 231 g/mol. The van der Waals surface area contributed by atoms with E-state index in [1.807, 2.05) is 0 Å². The number of hydrogen-bond acceptors (Lipinski definition) is 2. The lowest BCUT2D eigenvalue weighted by atomic mass is 10.0. The minimum atomic E-state index is 0.160. The number of carbonyl (C=O) groups excluding carboxylic acids is 1. The topological polar surface area (TPSA) is 49.3 Å². The molecule has 0 radical (unpaired) electrons. The summed E-state index contributed by atoms with van der Waals surface area (Å²) >= 11 is 0. The second-order valence-electron chi connectivity index (χ2n) is 5.17. The maximum atomic E-state index is 12.1. The molecule has 0 heterocycles. The normalized spacial score (nSPS) is 30.5. The molecule has 1 aromatic rings. The van der Waals surface area contributed by atoms with E-state index in [0.29, 0.717) is 11.8 Å². The summed E-state index contributed by atoms with van der Waals surface area (Å²) in [5.74, 6) is 1.91. The van der Waals surface area contributed by atoms with Crippen LogP contribution < -0.4 is 5.32 Å². The molecule has 0 aliphatic heterocycles. The SMILES string of the molecule is O=C(Nc1ccc(O)cc1)C1C2CCCCC21. The average Bonchev–Trinajstić information content (AvgIpc) is 3.06. The summed E-state index contributed by atoms with van der Waals surface area (Å²) in [4.78, 5) is 12.1. The summed E-state index contributed by atoms with van der Waals surface area (Å²) in [6.45, 7) is 0. The van der Waals surface area contributed by atoms with Crippen molar-refractivity contribution in [2.75, 3.05) is 5.32 Å². The summed E-state index contributed by atoms with van der Waals surface area (Å²) in [7, 11) is 0. The molecule has 0 aromatic heterocycles. The average molecular weight is 231 g/mol. The van der Waals surface area contributed by atoms with Gasteiger partial charge in [0.15, 0.2) is 0 Å². The molecule has 0 saturated heterocycles. The molecule has 0 spiro atoms. The van der Waals surface area contributed by atoms with Gasteiger partial charge in [-0.15, -0.1) is 0 Å². The molecule has 2 saturated carbocycles. The first-order valence-corrected chi connectivity index (χ1v) is 6.35. The first-order valence-electron chi connectivity index (χ1n) is 6.35. The van der Waals surface area contributed by atoms with Gasteiger partial charge in [0.2, 0.25) is 5.91 Å². The second kappa shape index (κ2) is 4.06. The number of carbonyl (C=O) groups is 1. The molecule has 1 amide bonds. The summed E-state index contributed by atoms with van der Waals surface area (Å²) in [5, 5.41) is 12.1. The Balaban J connectivity index is 1.62. The quantitative estimate of drug-likeness (QED) is 0.769. The lowest BCUT2D eigenvalue weighted by Gasteiger charge is -2.04. The fourth-order valence-corrected chi connectivity index (χ4v) is 3.15. The van der Waals surface area contributed by atoms with E-state index in [4.69, 9.17) is 5.11 Å². The van der Waals surface area contributed by atoms with E-state index in [1.165, 1.54) is 25.7 Å². The third kappa shape index (κ3) is 2.02. The molecule has 2 N–H and O–H groups in total. The number of benzene rings is 1. The van der Waals surface area contributed by atoms with Crippen LogP contribution in [0.1, 0.15) is 25.7 Å². The number of anilines is 1. The van der Waals surface area contributed by atoms with E-state index in [0.717, 1.165) is 5.69 Å². The second-order valence-corrected chi connectivity index (χ2v) is 5.17. The zero-order valence-corrected chi connectivity index (χ0v) is 9.73. The Morgan fingerprint density at radius 2 is 1.71 bits per heavy atom. The van der Waals surface area contributed by atoms with Crippen LogP contribution in [0.4, 0.5) is 5.69 Å². The van der Waals surface area contributed by atoms with Crippen molar-refractivity contribution in [3.05, 3.63) is 24.3 Å². The van der Waals surface area contributed by atoms with Crippen LogP contribution in [0.15, 0.2) is 24.3 Å². The summed E-state index contributed by atoms with van der Waals surface area (Å²) in [6, 6.07) is 6.66. The van der Waals surface area contributed by atoms with Gasteiger partial charge in [0, 0.05) is 11.6 Å². The lowest BCUT2D eigenvalue weighted by Crippen LogP contribution is -2.15. The number of aromatic hydroxyl groups is 1. The summed E-state index contributed by atoms with van der Waals surface area (Å²) < 4.78 is 0. The highest BCUT2D eigenvalue weighted by atomic mass is 16.3.